The molecule has 0 radical (unpaired) electrons. The Kier molecular flexibility index (Phi) is 4.39. The van der Waals surface area contributed by atoms with Gasteiger partial charge in [0.05, 0.1) is 6.61 Å². The van der Waals surface area contributed by atoms with Crippen molar-refractivity contribution in [2.75, 3.05) is 26.3 Å². The third-order valence-corrected chi connectivity index (χ3v) is 4.79. The zero-order chi connectivity index (χ0) is 15.5. The summed E-state index contributed by atoms with van der Waals surface area (Å²) in [7, 11) is 0. The van der Waals surface area contributed by atoms with Crippen LogP contribution in [-0.2, 0) is 11.3 Å². The zero-order valence-electron chi connectivity index (χ0n) is 13.4. The predicted molar refractivity (Wildman–Crippen MR) is 87.0 cm³/mol. The number of nitrogens with zero attached hydrogens (tertiary/aromatic N) is 3. The Labute approximate surface area is 136 Å². The van der Waals surface area contributed by atoms with Crippen LogP contribution in [0.5, 0.6) is 0 Å². The molecule has 4 rings (SSSR count). The van der Waals surface area contributed by atoms with Crippen LogP contribution in [0.3, 0.4) is 0 Å². The highest BCUT2D eigenvalue weighted by Gasteiger charge is 2.23. The number of piperidine rings is 1. The number of hydrogen-bond acceptors (Lipinski definition) is 5. The summed E-state index contributed by atoms with van der Waals surface area (Å²) in [6, 6.07) is 8.52. The molecule has 0 amide bonds. The molecule has 23 heavy (non-hydrogen) atoms. The van der Waals surface area contributed by atoms with E-state index in [4.69, 9.17) is 9.26 Å². The lowest BCUT2D eigenvalue weighted by Gasteiger charge is -2.26. The summed E-state index contributed by atoms with van der Waals surface area (Å²) >= 11 is 0. The highest BCUT2D eigenvalue weighted by molar-refractivity contribution is 5.53. The molecule has 2 fully saturated rings. The number of benzene rings is 1. The van der Waals surface area contributed by atoms with Gasteiger partial charge in [-0.1, -0.05) is 23.7 Å². The van der Waals surface area contributed by atoms with Crippen molar-refractivity contribution in [1.29, 1.82) is 0 Å². The Balaban J connectivity index is 1.43. The molecule has 5 heteroatoms. The quantitative estimate of drug-likeness (QED) is 0.867. The largest absolute Gasteiger partial charge is 0.381 e. The molecular formula is C18H23N3O2. The van der Waals surface area contributed by atoms with Crippen molar-refractivity contribution in [2.24, 2.45) is 0 Å². The van der Waals surface area contributed by atoms with Crippen LogP contribution in [0.4, 0.5) is 0 Å². The van der Waals surface area contributed by atoms with Gasteiger partial charge in [0.2, 0.25) is 0 Å². The molecule has 0 N–H and O–H groups in total. The fraction of sp³-hybridized carbons (Fsp3) is 0.556. The van der Waals surface area contributed by atoms with Crippen LogP contribution < -0.4 is 0 Å². The van der Waals surface area contributed by atoms with Gasteiger partial charge in [-0.05, 0) is 50.0 Å². The van der Waals surface area contributed by atoms with E-state index in [1.165, 1.54) is 37.9 Å². The molecule has 2 saturated heterocycles. The van der Waals surface area contributed by atoms with Gasteiger partial charge in [-0.2, -0.15) is 4.98 Å². The van der Waals surface area contributed by atoms with Gasteiger partial charge in [-0.15, -0.1) is 0 Å². The molecule has 3 heterocycles. The summed E-state index contributed by atoms with van der Waals surface area (Å²) in [4.78, 5) is 7.07. The van der Waals surface area contributed by atoms with Crippen molar-refractivity contribution in [2.45, 2.75) is 38.1 Å². The van der Waals surface area contributed by atoms with Crippen LogP contribution in [0.25, 0.3) is 11.5 Å². The van der Waals surface area contributed by atoms with Crippen LogP contribution in [0, 0.1) is 0 Å². The van der Waals surface area contributed by atoms with Crippen LogP contribution >= 0.6 is 0 Å². The van der Waals surface area contributed by atoms with E-state index >= 15 is 0 Å². The minimum Gasteiger partial charge on any atom is -0.381 e. The van der Waals surface area contributed by atoms with E-state index in [1.807, 2.05) is 0 Å². The van der Waals surface area contributed by atoms with Crippen molar-refractivity contribution >= 4 is 0 Å². The molecule has 0 spiro atoms. The monoisotopic (exact) mass is 313 g/mol. The lowest BCUT2D eigenvalue weighted by molar-refractivity contribution is 0.192. The SMILES string of the molecule is c1cc(-c2nc(C3CCOC3)no2)ccc1CN1CCCCC1. The average molecular weight is 313 g/mol. The van der Waals surface area contributed by atoms with Crippen molar-refractivity contribution < 1.29 is 9.26 Å². The average Bonchev–Trinajstić information content (AvgIpc) is 3.28. The highest BCUT2D eigenvalue weighted by atomic mass is 16.5. The molecule has 0 saturated carbocycles. The molecule has 1 aromatic carbocycles. The summed E-state index contributed by atoms with van der Waals surface area (Å²) in [5.41, 5.74) is 2.34. The van der Waals surface area contributed by atoms with Gasteiger partial charge in [-0.25, -0.2) is 0 Å². The maximum atomic E-state index is 5.43. The Morgan fingerprint density at radius 1 is 1.09 bits per heavy atom. The Morgan fingerprint density at radius 3 is 2.65 bits per heavy atom. The molecule has 0 bridgehead atoms. The number of rotatable bonds is 4. The number of ether oxygens (including phenoxy) is 1. The minimum atomic E-state index is 0.283. The first-order chi connectivity index (χ1) is 11.4. The van der Waals surface area contributed by atoms with Gasteiger partial charge in [0.1, 0.15) is 0 Å². The highest BCUT2D eigenvalue weighted by Crippen LogP contribution is 2.26. The Morgan fingerprint density at radius 2 is 1.91 bits per heavy atom. The van der Waals surface area contributed by atoms with Crippen LogP contribution in [-0.4, -0.2) is 41.3 Å². The first-order valence-electron chi connectivity index (χ1n) is 8.61. The predicted octanol–water partition coefficient (Wildman–Crippen LogP) is 3.23. The van der Waals surface area contributed by atoms with Gasteiger partial charge >= 0.3 is 0 Å². The van der Waals surface area contributed by atoms with E-state index in [1.54, 1.807) is 0 Å². The number of hydrogen-bond donors (Lipinski definition) is 0. The number of aromatic nitrogens is 2. The van der Waals surface area contributed by atoms with Gasteiger partial charge in [0, 0.05) is 24.6 Å². The molecule has 1 atom stereocenters. The Bertz CT molecular complexity index is 626. The van der Waals surface area contributed by atoms with Crippen LogP contribution in [0.1, 0.15) is 43.0 Å². The molecular weight excluding hydrogens is 290 g/mol. The molecule has 5 nitrogen and oxygen atoms in total. The fourth-order valence-electron chi connectivity index (χ4n) is 3.38. The lowest BCUT2D eigenvalue weighted by atomic mass is 10.1. The van der Waals surface area contributed by atoms with Gasteiger partial charge < -0.3 is 9.26 Å². The second kappa shape index (κ2) is 6.81. The molecule has 0 aliphatic carbocycles. The van der Waals surface area contributed by atoms with Crippen molar-refractivity contribution in [3.63, 3.8) is 0 Å². The van der Waals surface area contributed by atoms with E-state index in [-0.39, 0.29) is 5.92 Å². The van der Waals surface area contributed by atoms with Gasteiger partial charge in [-0.3, -0.25) is 4.90 Å². The summed E-state index contributed by atoms with van der Waals surface area (Å²) in [6.07, 6.45) is 5.01. The summed E-state index contributed by atoms with van der Waals surface area (Å²) in [6.45, 7) is 4.97. The topological polar surface area (TPSA) is 51.4 Å². The second-order valence-corrected chi connectivity index (χ2v) is 6.55. The van der Waals surface area contributed by atoms with Gasteiger partial charge in [0.15, 0.2) is 5.82 Å². The van der Waals surface area contributed by atoms with Gasteiger partial charge in [0.25, 0.3) is 5.89 Å². The van der Waals surface area contributed by atoms with E-state index < -0.39 is 0 Å². The number of likely N-dealkylation sites (tertiary alicyclic amines) is 1. The van der Waals surface area contributed by atoms with Crippen molar-refractivity contribution in [3.05, 3.63) is 35.7 Å². The molecule has 1 unspecified atom stereocenters. The molecule has 1 aromatic heterocycles. The normalized spacial score (nSPS) is 22.5. The molecule has 122 valence electrons. The first-order valence-corrected chi connectivity index (χ1v) is 8.61. The van der Waals surface area contributed by atoms with Crippen molar-refractivity contribution in [3.8, 4) is 11.5 Å². The summed E-state index contributed by atoms with van der Waals surface area (Å²) in [5.74, 6) is 1.66. The van der Waals surface area contributed by atoms with E-state index in [9.17, 15) is 0 Å². The minimum absolute atomic E-state index is 0.283. The second-order valence-electron chi connectivity index (χ2n) is 6.55. The summed E-state index contributed by atoms with van der Waals surface area (Å²) in [5, 5.41) is 4.12. The summed E-state index contributed by atoms with van der Waals surface area (Å²) < 4.78 is 10.8. The molecule has 2 aliphatic rings. The maximum Gasteiger partial charge on any atom is 0.257 e. The zero-order valence-corrected chi connectivity index (χ0v) is 13.4. The molecule has 2 aliphatic heterocycles. The molecule has 2 aromatic rings. The first kappa shape index (κ1) is 14.8. The van der Waals surface area contributed by atoms with Crippen LogP contribution in [0.15, 0.2) is 28.8 Å². The van der Waals surface area contributed by atoms with Crippen molar-refractivity contribution in [1.82, 2.24) is 15.0 Å². The maximum absolute atomic E-state index is 5.43. The van der Waals surface area contributed by atoms with Crippen LogP contribution in [0.2, 0.25) is 0 Å². The van der Waals surface area contributed by atoms with E-state index in [0.29, 0.717) is 12.5 Å². The van der Waals surface area contributed by atoms with E-state index in [2.05, 4.69) is 39.3 Å². The third kappa shape index (κ3) is 3.46. The lowest BCUT2D eigenvalue weighted by Crippen LogP contribution is -2.28. The smallest absolute Gasteiger partial charge is 0.257 e. The Hall–Kier alpha value is -1.72. The fourth-order valence-corrected chi connectivity index (χ4v) is 3.38. The standard InChI is InChI=1S/C18H23N3O2/c1-2-9-21(10-3-1)12-14-4-6-15(7-5-14)18-19-17(20-23-18)16-8-11-22-13-16/h4-7,16H,1-3,8-13H2. The third-order valence-electron chi connectivity index (χ3n) is 4.79. The van der Waals surface area contributed by atoms with E-state index in [0.717, 1.165) is 31.0 Å².